The van der Waals surface area contributed by atoms with Crippen LogP contribution in [0.4, 0.5) is 0 Å². The minimum atomic E-state index is -3.96. The predicted octanol–water partition coefficient (Wildman–Crippen LogP) is 9.53. The third-order valence-electron chi connectivity index (χ3n) is 10.4. The summed E-state index contributed by atoms with van der Waals surface area (Å²) in [5.41, 5.74) is 6.04. The van der Waals surface area contributed by atoms with E-state index in [1.54, 1.807) is 24.3 Å². The van der Waals surface area contributed by atoms with Crippen molar-refractivity contribution in [3.63, 3.8) is 0 Å². The summed E-state index contributed by atoms with van der Waals surface area (Å²) < 4.78 is 7.93. The van der Waals surface area contributed by atoms with E-state index in [4.69, 9.17) is 4.52 Å². The van der Waals surface area contributed by atoms with Gasteiger partial charge >= 0.3 is 302 Å². The van der Waals surface area contributed by atoms with Crippen LogP contribution in [0, 0.1) is 20.8 Å². The van der Waals surface area contributed by atoms with Crippen molar-refractivity contribution in [3.05, 3.63) is 209 Å². The zero-order chi connectivity index (χ0) is 35.7. The Balaban J connectivity index is 1.51. The van der Waals surface area contributed by atoms with Crippen LogP contribution in [0.15, 0.2) is 176 Å². The van der Waals surface area contributed by atoms with Crippen molar-refractivity contribution in [2.75, 3.05) is 0 Å². The molecule has 0 bridgehead atoms. The molecule has 0 fully saturated rings. The number of rotatable bonds is 9. The van der Waals surface area contributed by atoms with Crippen molar-refractivity contribution >= 4 is 28.0 Å². The van der Waals surface area contributed by atoms with Gasteiger partial charge in [-0.2, -0.15) is 0 Å². The van der Waals surface area contributed by atoms with Gasteiger partial charge in [0.25, 0.3) is 0 Å². The van der Waals surface area contributed by atoms with E-state index in [0.717, 1.165) is 43.7 Å². The first-order valence-corrected chi connectivity index (χ1v) is 19.5. The van der Waals surface area contributed by atoms with Gasteiger partial charge in [0.15, 0.2) is 0 Å². The normalized spacial score (nSPS) is 12.5. The Kier molecular flexibility index (Phi) is 8.79. The molecule has 0 aromatic heterocycles. The number of phenols is 2. The molecule has 0 aliphatic rings. The van der Waals surface area contributed by atoms with E-state index in [1.807, 2.05) is 24.3 Å². The molecule has 0 atom stereocenters. The summed E-state index contributed by atoms with van der Waals surface area (Å²) in [6.45, 7) is 4.58. The number of aromatic hydroxyl groups is 2. The van der Waals surface area contributed by atoms with E-state index >= 15 is 0 Å². The minimum absolute atomic E-state index is 0.214. The monoisotopic (exact) mass is 686 g/mol. The van der Waals surface area contributed by atoms with Gasteiger partial charge in [-0.3, -0.25) is 0 Å². The van der Waals surface area contributed by atoms with Gasteiger partial charge < -0.3 is 0 Å². The van der Waals surface area contributed by atoms with Gasteiger partial charge in [0.1, 0.15) is 0 Å². The first-order chi connectivity index (χ1) is 24.6. The summed E-state index contributed by atoms with van der Waals surface area (Å²) in [5.74, 6) is 1.18. The van der Waals surface area contributed by atoms with Gasteiger partial charge in [0.2, 0.25) is 0 Å². The third kappa shape index (κ3) is 5.68. The van der Waals surface area contributed by atoms with Crippen LogP contribution in [-0.4, -0.2) is 10.2 Å². The van der Waals surface area contributed by atoms with Gasteiger partial charge in [0.05, 0.1) is 0 Å². The SMILES string of the molecule is Cc1ccc(P(Oc2ccc(C(C)(c3ccc(O)cc3)c3ccc(O)cc3)cc2)(c2ccccc2)(c2ccc(C)cc2)c2ccc(C)cc2)cc1. The standard InChI is InChI=1S/C47H43O3P/c1-34-10-28-44(29-11-34)51(43-8-6-5-7-9-43,45-30-12-35(2)13-31-45,46-32-14-36(3)15-33-46)50-42-26-20-39(21-27-42)47(4,37-16-22-40(48)23-17-37)38-18-24-41(49)25-19-38/h5-33,48-49H,1-4H3. The van der Waals surface area contributed by atoms with Crippen molar-refractivity contribution < 1.29 is 14.7 Å². The molecule has 3 nitrogen and oxygen atoms in total. The van der Waals surface area contributed by atoms with Crippen LogP contribution in [0.2, 0.25) is 0 Å². The summed E-state index contributed by atoms with van der Waals surface area (Å²) in [7, 11) is 0. The van der Waals surface area contributed by atoms with E-state index in [0.29, 0.717) is 0 Å². The summed E-state index contributed by atoms with van der Waals surface area (Å²) in [6.07, 6.45) is 0. The van der Waals surface area contributed by atoms with E-state index in [-0.39, 0.29) is 11.5 Å². The summed E-state index contributed by atoms with van der Waals surface area (Å²) >= 11 is 0. The second kappa shape index (κ2) is 13.2. The van der Waals surface area contributed by atoms with E-state index < -0.39 is 12.2 Å². The fourth-order valence-electron chi connectivity index (χ4n) is 7.45. The molecule has 254 valence electrons. The molecular formula is C47H43O3P. The molecule has 0 saturated carbocycles. The molecular weight excluding hydrogens is 643 g/mol. The number of benzene rings is 7. The Morgan fingerprint density at radius 3 is 1.06 bits per heavy atom. The van der Waals surface area contributed by atoms with Crippen LogP contribution in [0.1, 0.15) is 40.3 Å². The van der Waals surface area contributed by atoms with Crippen molar-refractivity contribution in [2.45, 2.75) is 33.1 Å². The average molecular weight is 687 g/mol. The molecule has 0 amide bonds. The second-order valence-corrected chi connectivity index (χ2v) is 18.0. The predicted molar refractivity (Wildman–Crippen MR) is 214 cm³/mol. The van der Waals surface area contributed by atoms with E-state index in [1.165, 1.54) is 16.7 Å². The third-order valence-corrected chi connectivity index (χ3v) is 16.1. The quantitative estimate of drug-likeness (QED) is 0.118. The van der Waals surface area contributed by atoms with Crippen molar-refractivity contribution in [1.82, 2.24) is 0 Å². The molecule has 0 saturated heterocycles. The van der Waals surface area contributed by atoms with Crippen LogP contribution in [0.3, 0.4) is 0 Å². The van der Waals surface area contributed by atoms with E-state index in [9.17, 15) is 10.2 Å². The van der Waals surface area contributed by atoms with Crippen LogP contribution in [0.5, 0.6) is 17.2 Å². The molecule has 7 aromatic rings. The van der Waals surface area contributed by atoms with E-state index in [2.05, 4.69) is 155 Å². The molecule has 7 aromatic carbocycles. The van der Waals surface area contributed by atoms with Crippen molar-refractivity contribution in [1.29, 1.82) is 0 Å². The topological polar surface area (TPSA) is 49.7 Å². The van der Waals surface area contributed by atoms with Gasteiger partial charge in [-0.1, -0.05) is 0 Å². The molecule has 0 unspecified atom stereocenters. The van der Waals surface area contributed by atoms with Crippen LogP contribution in [-0.2, 0) is 5.41 Å². The molecule has 0 aliphatic carbocycles. The molecule has 7 rings (SSSR count). The molecule has 0 heterocycles. The van der Waals surface area contributed by atoms with Gasteiger partial charge in [0, 0.05) is 0 Å². The summed E-state index contributed by atoms with van der Waals surface area (Å²) in [4.78, 5) is 0. The molecule has 0 aliphatic heterocycles. The van der Waals surface area contributed by atoms with Crippen LogP contribution in [0.25, 0.3) is 0 Å². The van der Waals surface area contributed by atoms with Crippen molar-refractivity contribution in [3.8, 4) is 17.2 Å². The Bertz CT molecular complexity index is 2080. The van der Waals surface area contributed by atoms with Gasteiger partial charge in [-0.25, -0.2) is 0 Å². The Morgan fingerprint density at radius 2 is 0.706 bits per heavy atom. The number of hydrogen-bond donors (Lipinski definition) is 2. The number of aryl methyl sites for hydroxylation is 3. The fraction of sp³-hybridized carbons (Fsp3) is 0.106. The van der Waals surface area contributed by atoms with Crippen molar-refractivity contribution in [2.24, 2.45) is 0 Å². The molecule has 2 N–H and O–H groups in total. The molecule has 0 radical (unpaired) electrons. The van der Waals surface area contributed by atoms with Gasteiger partial charge in [-0.15, -0.1) is 0 Å². The maximum absolute atomic E-state index is 10.1. The zero-order valence-electron chi connectivity index (χ0n) is 29.5. The summed E-state index contributed by atoms with van der Waals surface area (Å²) in [5, 5.41) is 24.8. The number of hydrogen-bond acceptors (Lipinski definition) is 3. The van der Waals surface area contributed by atoms with Gasteiger partial charge in [-0.05, 0) is 0 Å². The first-order valence-electron chi connectivity index (χ1n) is 17.3. The zero-order valence-corrected chi connectivity index (χ0v) is 30.4. The Labute approximate surface area is 301 Å². The molecule has 51 heavy (non-hydrogen) atoms. The first kappa shape index (κ1) is 33.8. The molecule has 4 heteroatoms. The summed E-state index contributed by atoms with van der Waals surface area (Å²) in [6, 6.07) is 60.6. The Morgan fingerprint density at radius 1 is 0.392 bits per heavy atom. The maximum atomic E-state index is 10.1. The number of phenolic OH excluding ortho intramolecular Hbond substituents is 2. The Hall–Kier alpha value is -5.63. The molecule has 0 spiro atoms. The van der Waals surface area contributed by atoms with Crippen LogP contribution >= 0.6 is 6.83 Å². The van der Waals surface area contributed by atoms with Crippen LogP contribution < -0.4 is 25.7 Å². The second-order valence-electron chi connectivity index (χ2n) is 13.7. The average Bonchev–Trinajstić information content (AvgIpc) is 3.16. The fourth-order valence-corrected chi connectivity index (χ4v) is 13.1.